The molecule has 2 N–H and O–H groups in total. The number of hydrogen-bond donors (Lipinski definition) is 1. The summed E-state index contributed by atoms with van der Waals surface area (Å²) in [6, 6.07) is 5.54. The molecule has 0 aromatic heterocycles. The van der Waals surface area contributed by atoms with E-state index in [1.165, 1.54) is 0 Å². The minimum absolute atomic E-state index is 0. The smallest absolute Gasteiger partial charge is 0.226 e. The van der Waals surface area contributed by atoms with Crippen LogP contribution in [-0.4, -0.2) is 30.4 Å². The quantitative estimate of drug-likeness (QED) is 0.916. The van der Waals surface area contributed by atoms with Crippen molar-refractivity contribution in [3.63, 3.8) is 0 Å². The summed E-state index contributed by atoms with van der Waals surface area (Å²) in [7, 11) is 1.81. The second-order valence-electron chi connectivity index (χ2n) is 5.19. The molecule has 0 heterocycles. The van der Waals surface area contributed by atoms with Gasteiger partial charge in [0.05, 0.1) is 0 Å². The lowest BCUT2D eigenvalue weighted by atomic mass is 10.1. The Morgan fingerprint density at radius 3 is 2.45 bits per heavy atom. The topological polar surface area (TPSA) is 46.3 Å². The Balaban J connectivity index is 0.00000200. The number of benzene rings is 1. The lowest BCUT2D eigenvalue weighted by Crippen LogP contribution is -2.40. The second-order valence-corrected chi connectivity index (χ2v) is 6.06. The van der Waals surface area contributed by atoms with E-state index in [0.29, 0.717) is 16.6 Å². The predicted molar refractivity (Wildman–Crippen MR) is 85.8 cm³/mol. The van der Waals surface area contributed by atoms with E-state index in [1.807, 2.05) is 19.1 Å². The summed E-state index contributed by atoms with van der Waals surface area (Å²) in [6.45, 7) is 2.42. The predicted octanol–water partition coefficient (Wildman–Crippen LogP) is 3.32. The summed E-state index contributed by atoms with van der Waals surface area (Å²) in [4.78, 5) is 14.0. The molecule has 0 bridgehead atoms. The Bertz CT molecular complexity index is 475. The van der Waals surface area contributed by atoms with E-state index in [9.17, 15) is 4.79 Å². The summed E-state index contributed by atoms with van der Waals surface area (Å²) in [5.41, 5.74) is 6.63. The molecule has 1 amide bonds. The summed E-state index contributed by atoms with van der Waals surface area (Å²) in [5.74, 6) is 0.420. The van der Waals surface area contributed by atoms with Gasteiger partial charge in [0.15, 0.2) is 0 Å². The first-order valence-electron chi connectivity index (χ1n) is 6.36. The zero-order valence-electron chi connectivity index (χ0n) is 11.5. The third kappa shape index (κ3) is 3.79. The molecule has 6 heteroatoms. The molecule has 3 unspecified atom stereocenters. The highest BCUT2D eigenvalue weighted by Gasteiger charge is 2.45. The molecule has 3 nitrogen and oxygen atoms in total. The van der Waals surface area contributed by atoms with E-state index in [-0.39, 0.29) is 36.2 Å². The maximum atomic E-state index is 12.3. The summed E-state index contributed by atoms with van der Waals surface area (Å²) in [6.07, 6.45) is 0.858. The zero-order chi connectivity index (χ0) is 14.2. The van der Waals surface area contributed by atoms with Gasteiger partial charge in [-0.25, -0.2) is 0 Å². The molecule has 1 aromatic carbocycles. The van der Waals surface area contributed by atoms with Gasteiger partial charge < -0.3 is 10.6 Å². The first kappa shape index (κ1) is 17.6. The monoisotopic (exact) mass is 336 g/mol. The average Bonchev–Trinajstić information content (AvgIpc) is 3.15. The van der Waals surface area contributed by atoms with E-state index >= 15 is 0 Å². The number of carbonyl (C=O) groups excluding carboxylic acids is 1. The molecule has 20 heavy (non-hydrogen) atoms. The number of rotatable bonds is 4. The van der Waals surface area contributed by atoms with Gasteiger partial charge in [0.25, 0.3) is 0 Å². The van der Waals surface area contributed by atoms with Crippen molar-refractivity contribution in [2.75, 3.05) is 13.6 Å². The fourth-order valence-corrected chi connectivity index (χ4v) is 2.81. The van der Waals surface area contributed by atoms with E-state index in [0.717, 1.165) is 12.0 Å². The normalized spacial score (nSPS) is 21.9. The SMILES string of the molecule is CC(CN)N(C)C(=O)C1CC1c1cc(Cl)cc(Cl)c1.Cl. The van der Waals surface area contributed by atoms with Gasteiger partial charge in [0, 0.05) is 35.6 Å². The van der Waals surface area contributed by atoms with Crippen LogP contribution in [0.5, 0.6) is 0 Å². The number of nitrogens with zero attached hydrogens (tertiary/aromatic N) is 1. The second kappa shape index (κ2) is 6.99. The van der Waals surface area contributed by atoms with Crippen molar-refractivity contribution in [1.82, 2.24) is 4.90 Å². The molecular weight excluding hydrogens is 319 g/mol. The van der Waals surface area contributed by atoms with Crippen LogP contribution >= 0.6 is 35.6 Å². The third-order valence-electron chi connectivity index (χ3n) is 3.77. The Hall–Kier alpha value is -0.480. The van der Waals surface area contributed by atoms with Gasteiger partial charge in [0.2, 0.25) is 5.91 Å². The standard InChI is InChI=1S/C14H18Cl2N2O.ClH/c1-8(7-17)18(2)14(19)13-6-12(13)9-3-10(15)5-11(16)4-9;/h3-5,8,12-13H,6-7,17H2,1-2H3;1H. The molecule has 3 atom stereocenters. The minimum atomic E-state index is 0. The highest BCUT2D eigenvalue weighted by Crippen LogP contribution is 2.49. The molecule has 0 radical (unpaired) electrons. The van der Waals surface area contributed by atoms with Crippen LogP contribution in [0.4, 0.5) is 0 Å². The molecule has 112 valence electrons. The fourth-order valence-electron chi connectivity index (χ4n) is 2.26. The third-order valence-corrected chi connectivity index (χ3v) is 4.21. The van der Waals surface area contributed by atoms with E-state index in [2.05, 4.69) is 0 Å². The molecule has 0 aliphatic heterocycles. The molecule has 1 saturated carbocycles. The number of likely N-dealkylation sites (N-methyl/N-ethyl adjacent to an activating group) is 1. The molecular formula is C14H19Cl3N2O. The van der Waals surface area contributed by atoms with Crippen LogP contribution < -0.4 is 5.73 Å². The zero-order valence-corrected chi connectivity index (χ0v) is 13.8. The highest BCUT2D eigenvalue weighted by molar-refractivity contribution is 6.34. The maximum absolute atomic E-state index is 12.3. The Kier molecular flexibility index (Phi) is 6.14. The Labute approximate surface area is 135 Å². The van der Waals surface area contributed by atoms with Gasteiger partial charge in [-0.1, -0.05) is 23.2 Å². The van der Waals surface area contributed by atoms with Crippen molar-refractivity contribution in [2.24, 2.45) is 11.7 Å². The van der Waals surface area contributed by atoms with Crippen molar-refractivity contribution in [1.29, 1.82) is 0 Å². The van der Waals surface area contributed by atoms with Gasteiger partial charge >= 0.3 is 0 Å². The van der Waals surface area contributed by atoms with Gasteiger partial charge in [-0.3, -0.25) is 4.79 Å². The molecule has 0 spiro atoms. The first-order chi connectivity index (χ1) is 8.93. The largest absolute Gasteiger partial charge is 0.342 e. The summed E-state index contributed by atoms with van der Waals surface area (Å²) in [5, 5.41) is 1.23. The summed E-state index contributed by atoms with van der Waals surface area (Å²) < 4.78 is 0. The van der Waals surface area contributed by atoms with Crippen LogP contribution in [0.3, 0.4) is 0 Å². The van der Waals surface area contributed by atoms with E-state index < -0.39 is 0 Å². The fraction of sp³-hybridized carbons (Fsp3) is 0.500. The number of nitrogens with two attached hydrogens (primary N) is 1. The number of hydrogen-bond acceptors (Lipinski definition) is 2. The molecule has 2 rings (SSSR count). The molecule has 1 aliphatic rings. The maximum Gasteiger partial charge on any atom is 0.226 e. The lowest BCUT2D eigenvalue weighted by molar-refractivity contribution is -0.133. The van der Waals surface area contributed by atoms with Gasteiger partial charge in [0.1, 0.15) is 0 Å². The van der Waals surface area contributed by atoms with Crippen LogP contribution in [-0.2, 0) is 4.79 Å². The number of carbonyl (C=O) groups is 1. The number of halogens is 3. The lowest BCUT2D eigenvalue weighted by Gasteiger charge is -2.23. The van der Waals surface area contributed by atoms with Crippen LogP contribution in [0.2, 0.25) is 10.0 Å². The minimum Gasteiger partial charge on any atom is -0.342 e. The molecule has 0 saturated heterocycles. The van der Waals surface area contributed by atoms with Gasteiger partial charge in [-0.05, 0) is 43.0 Å². The van der Waals surface area contributed by atoms with Gasteiger partial charge in [-0.2, -0.15) is 0 Å². The van der Waals surface area contributed by atoms with Crippen molar-refractivity contribution in [3.8, 4) is 0 Å². The van der Waals surface area contributed by atoms with Crippen molar-refractivity contribution in [3.05, 3.63) is 33.8 Å². The van der Waals surface area contributed by atoms with Gasteiger partial charge in [-0.15, -0.1) is 12.4 Å². The van der Waals surface area contributed by atoms with Crippen LogP contribution in [0.1, 0.15) is 24.8 Å². The molecule has 1 fully saturated rings. The van der Waals surface area contributed by atoms with E-state index in [4.69, 9.17) is 28.9 Å². The molecule has 1 aromatic rings. The van der Waals surface area contributed by atoms with Crippen LogP contribution in [0.25, 0.3) is 0 Å². The average molecular weight is 338 g/mol. The number of amides is 1. The molecule has 1 aliphatic carbocycles. The highest BCUT2D eigenvalue weighted by atomic mass is 35.5. The first-order valence-corrected chi connectivity index (χ1v) is 7.12. The van der Waals surface area contributed by atoms with Crippen molar-refractivity contribution in [2.45, 2.75) is 25.3 Å². The van der Waals surface area contributed by atoms with Crippen molar-refractivity contribution < 1.29 is 4.79 Å². The van der Waals surface area contributed by atoms with Crippen molar-refractivity contribution >= 4 is 41.5 Å². The van der Waals surface area contributed by atoms with E-state index in [1.54, 1.807) is 18.0 Å². The summed E-state index contributed by atoms with van der Waals surface area (Å²) >= 11 is 12.0. The Morgan fingerprint density at radius 1 is 1.40 bits per heavy atom. The van der Waals surface area contributed by atoms with Crippen LogP contribution in [0.15, 0.2) is 18.2 Å². The van der Waals surface area contributed by atoms with Crippen LogP contribution in [0, 0.1) is 5.92 Å². The Morgan fingerprint density at radius 2 is 1.95 bits per heavy atom.